The van der Waals surface area contributed by atoms with Crippen molar-refractivity contribution in [2.75, 3.05) is 6.54 Å². The monoisotopic (exact) mass is 321 g/mol. The summed E-state index contributed by atoms with van der Waals surface area (Å²) in [6.45, 7) is 3.20. The lowest BCUT2D eigenvalue weighted by atomic mass is 10.0. The molecule has 0 aliphatic heterocycles. The predicted octanol–water partition coefficient (Wildman–Crippen LogP) is 3.47. The minimum Gasteiger partial charge on any atom is -0.308 e. The Kier molecular flexibility index (Phi) is 5.16. The Morgan fingerprint density at radius 2 is 2.21 bits per heavy atom. The molecule has 0 aliphatic carbocycles. The van der Waals surface area contributed by atoms with Crippen LogP contribution in [0, 0.1) is 0 Å². The van der Waals surface area contributed by atoms with Gasteiger partial charge >= 0.3 is 0 Å². The summed E-state index contributed by atoms with van der Waals surface area (Å²) in [5.41, 5.74) is 2.55. The van der Waals surface area contributed by atoms with Gasteiger partial charge < -0.3 is 5.32 Å². The average molecular weight is 322 g/mol. The number of nitrogens with zero attached hydrogens (tertiary/aromatic N) is 2. The third-order valence-corrected chi connectivity index (χ3v) is 3.68. The van der Waals surface area contributed by atoms with Crippen molar-refractivity contribution in [3.05, 3.63) is 52.3 Å². The SMILES string of the molecule is CCCNC(Cc1cccc(Br)c1)c1ccnn1C. The second-order valence-corrected chi connectivity index (χ2v) is 5.64. The molecule has 19 heavy (non-hydrogen) atoms. The van der Waals surface area contributed by atoms with E-state index in [4.69, 9.17) is 0 Å². The summed E-state index contributed by atoms with van der Waals surface area (Å²) in [6.07, 6.45) is 3.96. The fourth-order valence-corrected chi connectivity index (χ4v) is 2.67. The largest absolute Gasteiger partial charge is 0.308 e. The number of aryl methyl sites for hydroxylation is 1. The molecule has 1 heterocycles. The lowest BCUT2D eigenvalue weighted by molar-refractivity contribution is 0.493. The zero-order valence-electron chi connectivity index (χ0n) is 11.4. The third kappa shape index (κ3) is 3.91. The molecule has 0 radical (unpaired) electrons. The second kappa shape index (κ2) is 6.87. The van der Waals surface area contributed by atoms with E-state index in [1.54, 1.807) is 0 Å². The quantitative estimate of drug-likeness (QED) is 0.883. The molecule has 0 spiro atoms. The Hall–Kier alpha value is -1.13. The van der Waals surface area contributed by atoms with E-state index in [0.717, 1.165) is 23.9 Å². The van der Waals surface area contributed by atoms with E-state index in [-0.39, 0.29) is 0 Å². The first kappa shape index (κ1) is 14.3. The first-order valence-electron chi connectivity index (χ1n) is 6.66. The van der Waals surface area contributed by atoms with Crippen LogP contribution in [0.2, 0.25) is 0 Å². The summed E-state index contributed by atoms with van der Waals surface area (Å²) in [5, 5.41) is 7.88. The first-order valence-corrected chi connectivity index (χ1v) is 7.45. The number of aromatic nitrogens is 2. The molecule has 0 saturated carbocycles. The summed E-state index contributed by atoms with van der Waals surface area (Å²) in [6, 6.07) is 10.9. The van der Waals surface area contributed by atoms with Crippen LogP contribution in [0.5, 0.6) is 0 Å². The van der Waals surface area contributed by atoms with Crippen LogP contribution in [0.4, 0.5) is 0 Å². The summed E-state index contributed by atoms with van der Waals surface area (Å²) >= 11 is 3.53. The molecule has 1 aromatic heterocycles. The molecular formula is C15H20BrN3. The van der Waals surface area contributed by atoms with Gasteiger partial charge in [0.15, 0.2) is 0 Å². The van der Waals surface area contributed by atoms with E-state index in [1.165, 1.54) is 11.3 Å². The fourth-order valence-electron chi connectivity index (χ4n) is 2.23. The first-order chi connectivity index (χ1) is 9.20. The highest BCUT2D eigenvalue weighted by molar-refractivity contribution is 9.10. The van der Waals surface area contributed by atoms with Crippen LogP contribution in [0.25, 0.3) is 0 Å². The van der Waals surface area contributed by atoms with Gasteiger partial charge in [-0.3, -0.25) is 4.68 Å². The molecule has 1 N–H and O–H groups in total. The average Bonchev–Trinajstić information content (AvgIpc) is 2.81. The zero-order valence-corrected chi connectivity index (χ0v) is 13.0. The van der Waals surface area contributed by atoms with Gasteiger partial charge in [-0.1, -0.05) is 35.0 Å². The van der Waals surface area contributed by atoms with Gasteiger partial charge in [0, 0.05) is 17.7 Å². The van der Waals surface area contributed by atoms with Crippen LogP contribution in [-0.2, 0) is 13.5 Å². The predicted molar refractivity (Wildman–Crippen MR) is 82.1 cm³/mol. The van der Waals surface area contributed by atoms with Crippen molar-refractivity contribution in [2.24, 2.45) is 7.05 Å². The van der Waals surface area contributed by atoms with Crippen molar-refractivity contribution in [1.82, 2.24) is 15.1 Å². The number of benzene rings is 1. The topological polar surface area (TPSA) is 29.9 Å². The van der Waals surface area contributed by atoms with Crippen molar-refractivity contribution in [3.8, 4) is 0 Å². The van der Waals surface area contributed by atoms with Crippen LogP contribution >= 0.6 is 15.9 Å². The molecule has 2 rings (SSSR count). The normalized spacial score (nSPS) is 12.6. The maximum absolute atomic E-state index is 4.27. The van der Waals surface area contributed by atoms with Crippen molar-refractivity contribution >= 4 is 15.9 Å². The lowest BCUT2D eigenvalue weighted by Gasteiger charge is -2.19. The maximum atomic E-state index is 4.27. The van der Waals surface area contributed by atoms with E-state index in [9.17, 15) is 0 Å². The van der Waals surface area contributed by atoms with Gasteiger partial charge in [0.2, 0.25) is 0 Å². The van der Waals surface area contributed by atoms with Crippen molar-refractivity contribution in [2.45, 2.75) is 25.8 Å². The zero-order chi connectivity index (χ0) is 13.7. The molecule has 102 valence electrons. The highest BCUT2D eigenvalue weighted by Gasteiger charge is 2.14. The fraction of sp³-hybridized carbons (Fsp3) is 0.400. The van der Waals surface area contributed by atoms with E-state index >= 15 is 0 Å². The number of nitrogens with one attached hydrogen (secondary N) is 1. The van der Waals surface area contributed by atoms with Crippen LogP contribution in [0.1, 0.15) is 30.6 Å². The molecule has 1 unspecified atom stereocenters. The second-order valence-electron chi connectivity index (χ2n) is 4.72. The van der Waals surface area contributed by atoms with Crippen LogP contribution in [0.15, 0.2) is 41.0 Å². The Bertz CT molecular complexity index is 522. The van der Waals surface area contributed by atoms with Gasteiger partial charge in [0.05, 0.1) is 11.7 Å². The minimum atomic E-state index is 0.307. The van der Waals surface area contributed by atoms with Crippen LogP contribution < -0.4 is 5.32 Å². The number of halogens is 1. The molecule has 3 nitrogen and oxygen atoms in total. The van der Waals surface area contributed by atoms with Crippen LogP contribution in [-0.4, -0.2) is 16.3 Å². The minimum absolute atomic E-state index is 0.307. The van der Waals surface area contributed by atoms with E-state index in [1.807, 2.05) is 17.9 Å². The lowest BCUT2D eigenvalue weighted by Crippen LogP contribution is -2.26. The molecule has 0 saturated heterocycles. The number of rotatable bonds is 6. The summed E-state index contributed by atoms with van der Waals surface area (Å²) in [7, 11) is 2.00. The van der Waals surface area contributed by atoms with Crippen molar-refractivity contribution in [1.29, 1.82) is 0 Å². The molecule has 1 aromatic carbocycles. The molecule has 0 bridgehead atoms. The maximum Gasteiger partial charge on any atom is 0.0553 e. The van der Waals surface area contributed by atoms with Gasteiger partial charge in [0.25, 0.3) is 0 Å². The standard InChI is InChI=1S/C15H20BrN3/c1-3-8-17-14(15-7-9-18-19(15)2)11-12-5-4-6-13(16)10-12/h4-7,9-10,14,17H,3,8,11H2,1-2H3. The highest BCUT2D eigenvalue weighted by atomic mass is 79.9. The number of hydrogen-bond acceptors (Lipinski definition) is 2. The van der Waals surface area contributed by atoms with Crippen molar-refractivity contribution in [3.63, 3.8) is 0 Å². The smallest absolute Gasteiger partial charge is 0.0553 e. The van der Waals surface area contributed by atoms with Crippen molar-refractivity contribution < 1.29 is 0 Å². The molecule has 2 aromatic rings. The van der Waals surface area contributed by atoms with Gasteiger partial charge in [-0.15, -0.1) is 0 Å². The van der Waals surface area contributed by atoms with Gasteiger partial charge in [-0.25, -0.2) is 0 Å². The van der Waals surface area contributed by atoms with E-state index in [2.05, 4.69) is 63.6 Å². The Morgan fingerprint density at radius 3 is 2.84 bits per heavy atom. The summed E-state index contributed by atoms with van der Waals surface area (Å²) in [5.74, 6) is 0. The molecule has 4 heteroatoms. The van der Waals surface area contributed by atoms with Gasteiger partial charge in [-0.2, -0.15) is 5.10 Å². The van der Waals surface area contributed by atoms with Gasteiger partial charge in [-0.05, 0) is 43.1 Å². The highest BCUT2D eigenvalue weighted by Crippen LogP contribution is 2.20. The molecule has 0 aliphatic rings. The molecule has 1 atom stereocenters. The summed E-state index contributed by atoms with van der Waals surface area (Å²) in [4.78, 5) is 0. The van der Waals surface area contributed by atoms with E-state index < -0.39 is 0 Å². The Balaban J connectivity index is 2.16. The molecule has 0 amide bonds. The Labute approximate surface area is 123 Å². The van der Waals surface area contributed by atoms with E-state index in [0.29, 0.717) is 6.04 Å². The summed E-state index contributed by atoms with van der Waals surface area (Å²) < 4.78 is 3.08. The third-order valence-electron chi connectivity index (χ3n) is 3.19. The number of hydrogen-bond donors (Lipinski definition) is 1. The molecular weight excluding hydrogens is 302 g/mol. The van der Waals surface area contributed by atoms with Crippen LogP contribution in [0.3, 0.4) is 0 Å². The molecule has 0 fully saturated rings. The Morgan fingerprint density at radius 1 is 1.37 bits per heavy atom. The van der Waals surface area contributed by atoms with Gasteiger partial charge in [0.1, 0.15) is 0 Å².